The van der Waals surface area contributed by atoms with Crippen LogP contribution in [0.2, 0.25) is 0 Å². The maximum Gasteiger partial charge on any atom is 0.151 e. The highest BCUT2D eigenvalue weighted by atomic mass is 32.1. The third-order valence-corrected chi connectivity index (χ3v) is 1.47. The van der Waals surface area contributed by atoms with Crippen molar-refractivity contribution in [3.05, 3.63) is 29.8 Å². The van der Waals surface area contributed by atoms with Crippen LogP contribution in [0.3, 0.4) is 0 Å². The minimum absolute atomic E-state index is 0.640. The van der Waals surface area contributed by atoms with E-state index in [1.54, 1.807) is 12.1 Å². The zero-order valence-electron chi connectivity index (χ0n) is 6.74. The molecule has 0 saturated carbocycles. The van der Waals surface area contributed by atoms with Crippen molar-refractivity contribution in [1.29, 1.82) is 0 Å². The van der Waals surface area contributed by atoms with Crippen molar-refractivity contribution < 1.29 is 4.79 Å². The average molecular weight is 168 g/mol. The second-order valence-electron chi connectivity index (χ2n) is 1.68. The zero-order valence-corrected chi connectivity index (χ0v) is 7.64. The van der Waals surface area contributed by atoms with Crippen LogP contribution in [-0.4, -0.2) is 6.29 Å². The van der Waals surface area contributed by atoms with Gasteiger partial charge in [-0.05, 0) is 6.07 Å². The van der Waals surface area contributed by atoms with Crippen LogP contribution in [0.1, 0.15) is 24.2 Å². The number of carbonyl (C=O) groups is 1. The Bertz CT molecular complexity index is 221. The molecule has 0 spiro atoms. The average Bonchev–Trinajstić information content (AvgIpc) is 2.09. The van der Waals surface area contributed by atoms with E-state index in [2.05, 4.69) is 12.6 Å². The molecule has 0 amide bonds. The first kappa shape index (κ1) is 10.2. The van der Waals surface area contributed by atoms with E-state index in [9.17, 15) is 4.79 Å². The normalized spacial score (nSPS) is 7.91. The highest BCUT2D eigenvalue weighted by Gasteiger charge is 1.91. The van der Waals surface area contributed by atoms with E-state index >= 15 is 0 Å². The first-order chi connectivity index (χ1) is 5.34. The minimum atomic E-state index is 0.640. The molecule has 11 heavy (non-hydrogen) atoms. The Morgan fingerprint density at radius 2 is 1.82 bits per heavy atom. The Hall–Kier alpha value is -0.760. The lowest BCUT2D eigenvalue weighted by Gasteiger charge is -1.91. The molecule has 0 fully saturated rings. The molecule has 0 N–H and O–H groups in total. The standard InChI is InChI=1S/C7H6OS.C2H6/c8-5-6-3-1-2-4-7(6)9;1-2/h1-5,9H;1-2H3. The number of aldehydes is 1. The number of carbonyl (C=O) groups excluding carboxylic acids is 1. The summed E-state index contributed by atoms with van der Waals surface area (Å²) in [5.41, 5.74) is 0.640. The van der Waals surface area contributed by atoms with Crippen LogP contribution in [0.4, 0.5) is 0 Å². The molecule has 0 aliphatic carbocycles. The van der Waals surface area contributed by atoms with Gasteiger partial charge in [-0.3, -0.25) is 4.79 Å². The Morgan fingerprint density at radius 1 is 1.27 bits per heavy atom. The maximum absolute atomic E-state index is 10.2. The highest BCUT2D eigenvalue weighted by molar-refractivity contribution is 7.80. The van der Waals surface area contributed by atoms with Gasteiger partial charge in [0.25, 0.3) is 0 Å². The van der Waals surface area contributed by atoms with Crippen LogP contribution in [0.15, 0.2) is 29.2 Å². The van der Waals surface area contributed by atoms with Gasteiger partial charge in [0.15, 0.2) is 6.29 Å². The first-order valence-corrected chi connectivity index (χ1v) is 4.02. The zero-order chi connectivity index (χ0) is 8.69. The van der Waals surface area contributed by atoms with Gasteiger partial charge in [-0.1, -0.05) is 32.0 Å². The molecule has 0 saturated heterocycles. The molecule has 1 aromatic carbocycles. The van der Waals surface area contributed by atoms with Crippen LogP contribution in [0.5, 0.6) is 0 Å². The van der Waals surface area contributed by atoms with Gasteiger partial charge in [0.2, 0.25) is 0 Å². The third-order valence-electron chi connectivity index (χ3n) is 1.06. The Labute approximate surface area is 72.8 Å². The molecule has 1 rings (SSSR count). The number of benzene rings is 1. The van der Waals surface area contributed by atoms with E-state index in [1.807, 2.05) is 26.0 Å². The predicted molar refractivity (Wildman–Crippen MR) is 50.4 cm³/mol. The van der Waals surface area contributed by atoms with Crippen LogP contribution < -0.4 is 0 Å². The van der Waals surface area contributed by atoms with E-state index in [0.29, 0.717) is 5.56 Å². The molecular weight excluding hydrogens is 156 g/mol. The number of hydrogen-bond acceptors (Lipinski definition) is 2. The minimum Gasteiger partial charge on any atom is -0.298 e. The van der Waals surface area contributed by atoms with Crippen molar-refractivity contribution >= 4 is 18.9 Å². The Kier molecular flexibility index (Phi) is 5.57. The SMILES string of the molecule is CC.O=Cc1ccccc1S. The molecule has 0 aromatic heterocycles. The van der Waals surface area contributed by atoms with Crippen molar-refractivity contribution in [3.63, 3.8) is 0 Å². The molecule has 2 heteroatoms. The summed E-state index contributed by atoms with van der Waals surface area (Å²) in [6.07, 6.45) is 0.794. The quantitative estimate of drug-likeness (QED) is 0.504. The molecule has 0 aliphatic rings. The molecule has 60 valence electrons. The fourth-order valence-corrected chi connectivity index (χ4v) is 0.800. The van der Waals surface area contributed by atoms with Crippen molar-refractivity contribution in [2.75, 3.05) is 0 Å². The summed E-state index contributed by atoms with van der Waals surface area (Å²) in [6, 6.07) is 7.17. The molecular formula is C9H12OS. The molecule has 1 nitrogen and oxygen atoms in total. The Balaban J connectivity index is 0.000000461. The molecule has 0 atom stereocenters. The molecule has 1 aromatic rings. The fourth-order valence-electron chi connectivity index (χ4n) is 0.587. The van der Waals surface area contributed by atoms with E-state index in [0.717, 1.165) is 11.2 Å². The lowest BCUT2D eigenvalue weighted by atomic mass is 10.2. The lowest BCUT2D eigenvalue weighted by Crippen LogP contribution is -1.78. The first-order valence-electron chi connectivity index (χ1n) is 3.58. The number of rotatable bonds is 1. The van der Waals surface area contributed by atoms with Crippen LogP contribution >= 0.6 is 12.6 Å². The highest BCUT2D eigenvalue weighted by Crippen LogP contribution is 2.09. The summed E-state index contributed by atoms with van der Waals surface area (Å²) in [5.74, 6) is 0. The van der Waals surface area contributed by atoms with Gasteiger partial charge < -0.3 is 0 Å². The summed E-state index contributed by atoms with van der Waals surface area (Å²) < 4.78 is 0. The smallest absolute Gasteiger partial charge is 0.151 e. The van der Waals surface area contributed by atoms with Gasteiger partial charge in [0.1, 0.15) is 0 Å². The van der Waals surface area contributed by atoms with E-state index in [-0.39, 0.29) is 0 Å². The molecule has 0 heterocycles. The predicted octanol–water partition coefficient (Wildman–Crippen LogP) is 2.81. The van der Waals surface area contributed by atoms with Gasteiger partial charge in [-0.25, -0.2) is 0 Å². The van der Waals surface area contributed by atoms with Gasteiger partial charge >= 0.3 is 0 Å². The summed E-state index contributed by atoms with van der Waals surface area (Å²) in [6.45, 7) is 4.00. The van der Waals surface area contributed by atoms with E-state index in [1.165, 1.54) is 0 Å². The fraction of sp³-hybridized carbons (Fsp3) is 0.222. The van der Waals surface area contributed by atoms with Gasteiger partial charge in [0.05, 0.1) is 0 Å². The van der Waals surface area contributed by atoms with Crippen molar-refractivity contribution in [2.24, 2.45) is 0 Å². The molecule has 0 unspecified atom stereocenters. The largest absolute Gasteiger partial charge is 0.298 e. The summed E-state index contributed by atoms with van der Waals surface area (Å²) in [7, 11) is 0. The van der Waals surface area contributed by atoms with Crippen LogP contribution in [0.25, 0.3) is 0 Å². The van der Waals surface area contributed by atoms with Crippen molar-refractivity contribution in [1.82, 2.24) is 0 Å². The van der Waals surface area contributed by atoms with Gasteiger partial charge in [-0.2, -0.15) is 0 Å². The monoisotopic (exact) mass is 168 g/mol. The van der Waals surface area contributed by atoms with Crippen LogP contribution in [0, 0.1) is 0 Å². The lowest BCUT2D eigenvalue weighted by molar-refractivity contribution is 0.112. The summed E-state index contributed by atoms with van der Waals surface area (Å²) in [4.78, 5) is 10.9. The van der Waals surface area contributed by atoms with E-state index in [4.69, 9.17) is 0 Å². The molecule has 0 bridgehead atoms. The topological polar surface area (TPSA) is 17.1 Å². The third kappa shape index (κ3) is 3.23. The second kappa shape index (κ2) is 5.98. The maximum atomic E-state index is 10.2. The second-order valence-corrected chi connectivity index (χ2v) is 2.16. The van der Waals surface area contributed by atoms with E-state index < -0.39 is 0 Å². The Morgan fingerprint density at radius 3 is 2.18 bits per heavy atom. The summed E-state index contributed by atoms with van der Waals surface area (Å²) >= 11 is 4.05. The van der Waals surface area contributed by atoms with Gasteiger partial charge in [0, 0.05) is 10.5 Å². The number of hydrogen-bond donors (Lipinski definition) is 1. The number of thiol groups is 1. The van der Waals surface area contributed by atoms with Gasteiger partial charge in [-0.15, -0.1) is 12.6 Å². The van der Waals surface area contributed by atoms with Crippen molar-refractivity contribution in [3.8, 4) is 0 Å². The summed E-state index contributed by atoms with van der Waals surface area (Å²) in [5, 5.41) is 0. The van der Waals surface area contributed by atoms with Crippen LogP contribution in [-0.2, 0) is 0 Å². The molecule has 0 aliphatic heterocycles. The molecule has 0 radical (unpaired) electrons. The van der Waals surface area contributed by atoms with Crippen molar-refractivity contribution in [2.45, 2.75) is 18.7 Å².